The lowest BCUT2D eigenvalue weighted by Crippen LogP contribution is -2.20. The molecule has 1 aromatic heterocycles. The number of alkyl halides is 1. The van der Waals surface area contributed by atoms with Crippen LogP contribution >= 0.6 is 15.9 Å². The fourth-order valence-corrected chi connectivity index (χ4v) is 0.766. The molecule has 0 bridgehead atoms. The number of carbonyl (C=O) groups is 1. The van der Waals surface area contributed by atoms with Crippen molar-refractivity contribution in [3.05, 3.63) is 5.89 Å². The van der Waals surface area contributed by atoms with Crippen molar-refractivity contribution in [3.63, 3.8) is 0 Å². The predicted octanol–water partition coefficient (Wildman–Crippen LogP) is 1.35. The van der Waals surface area contributed by atoms with Gasteiger partial charge in [0.05, 0.1) is 4.83 Å². The first-order valence-corrected chi connectivity index (χ1v) is 4.82. The van der Waals surface area contributed by atoms with Gasteiger partial charge in [-0.05, 0) is 6.92 Å². The second kappa shape index (κ2) is 4.36. The molecule has 72 valence electrons. The molecule has 1 aromatic rings. The number of nitrogens with one attached hydrogen (secondary N) is 1. The second-order valence-electron chi connectivity index (χ2n) is 2.46. The first kappa shape index (κ1) is 10.2. The Morgan fingerprint density at radius 2 is 2.38 bits per heavy atom. The Bertz CT molecular complexity index is 298. The minimum atomic E-state index is -0.274. The highest BCUT2D eigenvalue weighted by Gasteiger charge is 2.12. The molecule has 1 atom stereocenters. The van der Waals surface area contributed by atoms with E-state index in [1.807, 2.05) is 6.92 Å². The normalized spacial score (nSPS) is 12.5. The SMILES string of the molecule is CCc1nnc(NC(=O)C(C)Br)o1. The van der Waals surface area contributed by atoms with Gasteiger partial charge >= 0.3 is 6.01 Å². The van der Waals surface area contributed by atoms with Crippen molar-refractivity contribution >= 4 is 27.9 Å². The smallest absolute Gasteiger partial charge is 0.322 e. The molecule has 6 heteroatoms. The average molecular weight is 248 g/mol. The predicted molar refractivity (Wildman–Crippen MR) is 50.7 cm³/mol. The Labute approximate surface area is 84.0 Å². The summed E-state index contributed by atoms with van der Waals surface area (Å²) < 4.78 is 5.08. The molecule has 0 aliphatic heterocycles. The van der Waals surface area contributed by atoms with Gasteiger partial charge in [0.25, 0.3) is 0 Å². The van der Waals surface area contributed by atoms with E-state index in [1.165, 1.54) is 0 Å². The number of hydrogen-bond acceptors (Lipinski definition) is 4. The maximum atomic E-state index is 11.1. The Morgan fingerprint density at radius 1 is 1.69 bits per heavy atom. The van der Waals surface area contributed by atoms with Gasteiger partial charge in [0.1, 0.15) is 0 Å². The number of hydrogen-bond donors (Lipinski definition) is 1. The summed E-state index contributed by atoms with van der Waals surface area (Å²) in [6.45, 7) is 3.61. The Hall–Kier alpha value is -0.910. The van der Waals surface area contributed by atoms with Crippen LogP contribution in [0.2, 0.25) is 0 Å². The van der Waals surface area contributed by atoms with Crippen LogP contribution in [0.5, 0.6) is 0 Å². The van der Waals surface area contributed by atoms with Crippen molar-refractivity contribution in [3.8, 4) is 0 Å². The summed E-state index contributed by atoms with van der Waals surface area (Å²) in [5.74, 6) is 0.309. The largest absolute Gasteiger partial charge is 0.408 e. The topological polar surface area (TPSA) is 68.0 Å². The van der Waals surface area contributed by atoms with Gasteiger partial charge in [0.15, 0.2) is 0 Å². The van der Waals surface area contributed by atoms with Gasteiger partial charge in [0.2, 0.25) is 11.8 Å². The Morgan fingerprint density at radius 3 is 2.85 bits per heavy atom. The van der Waals surface area contributed by atoms with Gasteiger partial charge in [-0.1, -0.05) is 28.0 Å². The number of aryl methyl sites for hydroxylation is 1. The molecule has 5 nitrogen and oxygen atoms in total. The van der Waals surface area contributed by atoms with E-state index in [0.29, 0.717) is 12.3 Å². The maximum Gasteiger partial charge on any atom is 0.322 e. The third kappa shape index (κ3) is 2.80. The van der Waals surface area contributed by atoms with E-state index in [4.69, 9.17) is 4.42 Å². The minimum absolute atomic E-state index is 0.146. The number of anilines is 1. The summed E-state index contributed by atoms with van der Waals surface area (Å²) in [6.07, 6.45) is 0.659. The van der Waals surface area contributed by atoms with Crippen molar-refractivity contribution in [2.24, 2.45) is 0 Å². The van der Waals surface area contributed by atoms with Gasteiger partial charge in [-0.3, -0.25) is 10.1 Å². The van der Waals surface area contributed by atoms with E-state index < -0.39 is 0 Å². The lowest BCUT2D eigenvalue weighted by atomic mass is 10.5. The van der Waals surface area contributed by atoms with Gasteiger partial charge in [-0.2, -0.15) is 0 Å². The maximum absolute atomic E-state index is 11.1. The highest BCUT2D eigenvalue weighted by Crippen LogP contribution is 2.07. The van der Waals surface area contributed by atoms with E-state index in [-0.39, 0.29) is 16.7 Å². The molecule has 0 radical (unpaired) electrons. The lowest BCUT2D eigenvalue weighted by Gasteiger charge is -2.00. The molecule has 0 saturated carbocycles. The fraction of sp³-hybridized carbons (Fsp3) is 0.571. The van der Waals surface area contributed by atoms with Crippen LogP contribution in [0.1, 0.15) is 19.7 Å². The van der Waals surface area contributed by atoms with E-state index in [2.05, 4.69) is 31.4 Å². The van der Waals surface area contributed by atoms with Crippen LogP contribution in [0.3, 0.4) is 0 Å². The molecule has 0 aliphatic carbocycles. The third-order valence-electron chi connectivity index (χ3n) is 1.36. The number of carbonyl (C=O) groups excluding carboxylic acids is 1. The molecule has 1 rings (SSSR count). The van der Waals surface area contributed by atoms with Crippen LogP contribution in [-0.4, -0.2) is 20.9 Å². The quantitative estimate of drug-likeness (QED) is 0.820. The van der Waals surface area contributed by atoms with Crippen LogP contribution in [0, 0.1) is 0 Å². The van der Waals surface area contributed by atoms with Crippen LogP contribution in [0.25, 0.3) is 0 Å². The number of nitrogens with zero attached hydrogens (tertiary/aromatic N) is 2. The zero-order chi connectivity index (χ0) is 9.84. The molecular weight excluding hydrogens is 238 g/mol. The molecule has 1 unspecified atom stereocenters. The molecular formula is C7H10BrN3O2. The molecule has 1 N–H and O–H groups in total. The molecule has 13 heavy (non-hydrogen) atoms. The Kier molecular flexibility index (Phi) is 3.41. The summed E-state index contributed by atoms with van der Waals surface area (Å²) in [6, 6.07) is 0.146. The first-order chi connectivity index (χ1) is 6.13. The van der Waals surface area contributed by atoms with E-state index >= 15 is 0 Å². The summed E-state index contributed by atoms with van der Waals surface area (Å²) in [7, 11) is 0. The van der Waals surface area contributed by atoms with Gasteiger partial charge < -0.3 is 4.42 Å². The van der Waals surface area contributed by atoms with Crippen LogP contribution in [-0.2, 0) is 11.2 Å². The molecule has 1 amide bonds. The molecule has 0 spiro atoms. The zero-order valence-corrected chi connectivity index (χ0v) is 8.96. The number of halogens is 1. The summed E-state index contributed by atoms with van der Waals surface area (Å²) in [5.41, 5.74) is 0. The van der Waals surface area contributed by atoms with Crippen molar-refractivity contribution in [2.45, 2.75) is 25.1 Å². The summed E-state index contributed by atoms with van der Waals surface area (Å²) in [5, 5.41) is 9.81. The van der Waals surface area contributed by atoms with Gasteiger partial charge in [-0.15, -0.1) is 5.10 Å². The minimum Gasteiger partial charge on any atom is -0.408 e. The lowest BCUT2D eigenvalue weighted by molar-refractivity contribution is -0.115. The molecule has 1 heterocycles. The average Bonchev–Trinajstić information content (AvgIpc) is 2.52. The number of rotatable bonds is 3. The van der Waals surface area contributed by atoms with E-state index in [9.17, 15) is 4.79 Å². The van der Waals surface area contributed by atoms with Gasteiger partial charge in [0, 0.05) is 6.42 Å². The highest BCUT2D eigenvalue weighted by atomic mass is 79.9. The zero-order valence-electron chi connectivity index (χ0n) is 7.37. The number of amides is 1. The van der Waals surface area contributed by atoms with Crippen LogP contribution in [0.15, 0.2) is 4.42 Å². The van der Waals surface area contributed by atoms with Crippen molar-refractivity contribution in [1.29, 1.82) is 0 Å². The van der Waals surface area contributed by atoms with Crippen molar-refractivity contribution in [1.82, 2.24) is 10.2 Å². The number of aromatic nitrogens is 2. The molecule has 0 aliphatic rings. The molecule has 0 saturated heterocycles. The highest BCUT2D eigenvalue weighted by molar-refractivity contribution is 9.10. The van der Waals surface area contributed by atoms with Crippen molar-refractivity contribution < 1.29 is 9.21 Å². The molecule has 0 fully saturated rings. The second-order valence-corrected chi connectivity index (χ2v) is 3.83. The fourth-order valence-electron chi connectivity index (χ4n) is 0.652. The first-order valence-electron chi connectivity index (χ1n) is 3.90. The van der Waals surface area contributed by atoms with E-state index in [0.717, 1.165) is 0 Å². The van der Waals surface area contributed by atoms with E-state index in [1.54, 1.807) is 6.92 Å². The molecule has 0 aromatic carbocycles. The third-order valence-corrected chi connectivity index (χ3v) is 1.78. The van der Waals surface area contributed by atoms with Crippen LogP contribution in [0.4, 0.5) is 6.01 Å². The van der Waals surface area contributed by atoms with Gasteiger partial charge in [-0.25, -0.2) is 0 Å². The summed E-state index contributed by atoms with van der Waals surface area (Å²) >= 11 is 3.12. The Balaban J connectivity index is 2.59. The van der Waals surface area contributed by atoms with Crippen LogP contribution < -0.4 is 5.32 Å². The standard InChI is InChI=1S/C7H10BrN3O2/c1-3-5-10-11-7(13-5)9-6(12)4(2)8/h4H,3H2,1-2H3,(H,9,11,12). The summed E-state index contributed by atoms with van der Waals surface area (Å²) in [4.78, 5) is 10.9. The van der Waals surface area contributed by atoms with Crippen molar-refractivity contribution in [2.75, 3.05) is 5.32 Å². The monoisotopic (exact) mass is 247 g/mol.